The number of aryl methyl sites for hydroxylation is 2. The van der Waals surface area contributed by atoms with Gasteiger partial charge in [-0.05, 0) is 60.4 Å². The summed E-state index contributed by atoms with van der Waals surface area (Å²) in [6.07, 6.45) is 0.610. The molecular weight excluding hydrogens is 475 g/mol. The van der Waals surface area contributed by atoms with E-state index in [-0.39, 0.29) is 24.3 Å². The lowest BCUT2D eigenvalue weighted by Gasteiger charge is -2.36. The van der Waals surface area contributed by atoms with Crippen molar-refractivity contribution in [3.8, 4) is 0 Å². The van der Waals surface area contributed by atoms with E-state index in [2.05, 4.69) is 36.9 Å². The summed E-state index contributed by atoms with van der Waals surface area (Å²) in [6, 6.07) is 20.6. The first-order valence-electron chi connectivity index (χ1n) is 12.3. The maximum atomic E-state index is 14.2. The molecule has 1 unspecified atom stereocenters. The van der Waals surface area contributed by atoms with Crippen LogP contribution in [-0.2, 0) is 4.79 Å². The fourth-order valence-electron chi connectivity index (χ4n) is 4.94. The Morgan fingerprint density at radius 3 is 2.42 bits per heavy atom. The molecule has 0 radical (unpaired) electrons. The molecular formula is C29H30ClFN4O. The number of nitrogens with zero attached hydrogens (tertiary/aromatic N) is 4. The highest BCUT2D eigenvalue weighted by atomic mass is 35.5. The van der Waals surface area contributed by atoms with E-state index in [1.807, 2.05) is 35.2 Å². The number of rotatable bonds is 5. The van der Waals surface area contributed by atoms with Crippen molar-refractivity contribution in [1.29, 1.82) is 0 Å². The molecule has 1 saturated heterocycles. The molecule has 0 N–H and O–H groups in total. The van der Waals surface area contributed by atoms with Crippen LogP contribution in [0.15, 0.2) is 71.8 Å². The lowest BCUT2D eigenvalue weighted by atomic mass is 9.96. The van der Waals surface area contributed by atoms with Crippen molar-refractivity contribution < 1.29 is 9.18 Å². The van der Waals surface area contributed by atoms with Crippen LogP contribution in [0, 0.1) is 19.7 Å². The number of halogens is 2. The third-order valence-corrected chi connectivity index (χ3v) is 7.54. The molecule has 5 rings (SSSR count). The van der Waals surface area contributed by atoms with E-state index in [1.54, 1.807) is 17.1 Å². The normalized spacial score (nSPS) is 18.4. The second kappa shape index (κ2) is 10.4. The third kappa shape index (κ3) is 5.01. The quantitative estimate of drug-likeness (QED) is 0.454. The number of benzene rings is 3. The van der Waals surface area contributed by atoms with Crippen molar-refractivity contribution in [2.75, 3.05) is 37.6 Å². The lowest BCUT2D eigenvalue weighted by Crippen LogP contribution is -2.49. The summed E-state index contributed by atoms with van der Waals surface area (Å²) >= 11 is 6.56. The lowest BCUT2D eigenvalue weighted by molar-refractivity contribution is -0.134. The standard InChI is InChI=1S/C29H30ClFN4O/c1-20-11-12-22(17-21(20)2)26-18-28(23-7-3-4-8-24(23)30)35(32-26)29(36)19-33-13-15-34(16-14-33)27-10-6-5-9-25(27)31/h3-12,17,28H,13-16,18-19H2,1-2H3. The molecule has 1 amide bonds. The van der Waals surface area contributed by atoms with Gasteiger partial charge in [0.1, 0.15) is 5.82 Å². The minimum atomic E-state index is -0.248. The van der Waals surface area contributed by atoms with Crippen molar-refractivity contribution in [2.45, 2.75) is 26.3 Å². The van der Waals surface area contributed by atoms with Gasteiger partial charge >= 0.3 is 0 Å². The van der Waals surface area contributed by atoms with E-state index in [0.717, 1.165) is 16.8 Å². The number of carbonyl (C=O) groups is 1. The van der Waals surface area contributed by atoms with Gasteiger partial charge in [0, 0.05) is 37.6 Å². The average Bonchev–Trinajstić information content (AvgIpc) is 3.32. The van der Waals surface area contributed by atoms with E-state index in [9.17, 15) is 9.18 Å². The summed E-state index contributed by atoms with van der Waals surface area (Å²) in [5.41, 5.74) is 5.86. The Morgan fingerprint density at radius 2 is 1.69 bits per heavy atom. The number of carbonyl (C=O) groups excluding carboxylic acids is 1. The second-order valence-corrected chi connectivity index (χ2v) is 9.95. The first kappa shape index (κ1) is 24.5. The van der Waals surface area contributed by atoms with E-state index < -0.39 is 0 Å². The van der Waals surface area contributed by atoms with E-state index in [0.29, 0.717) is 43.3 Å². The second-order valence-electron chi connectivity index (χ2n) is 9.54. The van der Waals surface area contributed by atoms with Crippen molar-refractivity contribution in [2.24, 2.45) is 5.10 Å². The molecule has 36 heavy (non-hydrogen) atoms. The van der Waals surface area contributed by atoms with Crippen LogP contribution >= 0.6 is 11.6 Å². The maximum Gasteiger partial charge on any atom is 0.257 e. The average molecular weight is 505 g/mol. The highest BCUT2D eigenvalue weighted by Gasteiger charge is 2.35. The highest BCUT2D eigenvalue weighted by Crippen LogP contribution is 2.36. The minimum absolute atomic E-state index is 0.0573. The number of anilines is 1. The topological polar surface area (TPSA) is 39.2 Å². The molecule has 2 aliphatic rings. The summed E-state index contributed by atoms with van der Waals surface area (Å²) < 4.78 is 14.2. The van der Waals surface area contributed by atoms with Gasteiger partial charge < -0.3 is 4.90 Å². The molecule has 5 nitrogen and oxygen atoms in total. The summed E-state index contributed by atoms with van der Waals surface area (Å²) in [7, 11) is 0. The first-order chi connectivity index (χ1) is 17.4. The van der Waals surface area contributed by atoms with Gasteiger partial charge in [0.2, 0.25) is 0 Å². The molecule has 1 fully saturated rings. The van der Waals surface area contributed by atoms with Gasteiger partial charge in [-0.1, -0.05) is 54.1 Å². The number of hydrogen-bond donors (Lipinski definition) is 0. The Morgan fingerprint density at radius 1 is 0.972 bits per heavy atom. The number of hydrogen-bond acceptors (Lipinski definition) is 4. The molecule has 3 aromatic carbocycles. The van der Waals surface area contributed by atoms with Crippen molar-refractivity contribution in [3.05, 3.63) is 99.8 Å². The SMILES string of the molecule is Cc1ccc(C2=NN(C(=O)CN3CCN(c4ccccc4F)CC3)C(c3ccccc3Cl)C2)cc1C. The predicted octanol–water partition coefficient (Wildman–Crippen LogP) is 5.60. The van der Waals surface area contributed by atoms with Crippen LogP contribution in [0.4, 0.5) is 10.1 Å². The van der Waals surface area contributed by atoms with Gasteiger partial charge in [0.25, 0.3) is 5.91 Å². The Labute approximate surface area is 216 Å². The fraction of sp³-hybridized carbons (Fsp3) is 0.310. The molecule has 0 spiro atoms. The number of para-hydroxylation sites is 1. The largest absolute Gasteiger partial charge is 0.367 e. The van der Waals surface area contributed by atoms with Crippen LogP contribution in [0.5, 0.6) is 0 Å². The Kier molecular flexibility index (Phi) is 7.08. The van der Waals surface area contributed by atoms with E-state index in [1.165, 1.54) is 17.2 Å². The van der Waals surface area contributed by atoms with Crippen LogP contribution in [0.25, 0.3) is 0 Å². The van der Waals surface area contributed by atoms with Crippen LogP contribution in [0.2, 0.25) is 5.02 Å². The van der Waals surface area contributed by atoms with Gasteiger partial charge in [-0.2, -0.15) is 5.10 Å². The summed E-state index contributed by atoms with van der Waals surface area (Å²) in [6.45, 7) is 7.12. The van der Waals surface area contributed by atoms with Crippen LogP contribution < -0.4 is 4.90 Å². The number of amides is 1. The molecule has 0 bridgehead atoms. The van der Waals surface area contributed by atoms with Crippen molar-refractivity contribution >= 4 is 28.9 Å². The molecule has 7 heteroatoms. The molecule has 0 aliphatic carbocycles. The molecule has 186 valence electrons. The maximum absolute atomic E-state index is 14.2. The van der Waals surface area contributed by atoms with Gasteiger partial charge in [-0.3, -0.25) is 9.69 Å². The molecule has 1 atom stereocenters. The van der Waals surface area contributed by atoms with Crippen molar-refractivity contribution in [3.63, 3.8) is 0 Å². The Hall–Kier alpha value is -3.22. The summed E-state index contributed by atoms with van der Waals surface area (Å²) in [5.74, 6) is -0.270. The smallest absolute Gasteiger partial charge is 0.257 e. The van der Waals surface area contributed by atoms with Gasteiger partial charge in [0.15, 0.2) is 0 Å². The minimum Gasteiger partial charge on any atom is -0.367 e. The summed E-state index contributed by atoms with van der Waals surface area (Å²) in [5, 5.41) is 7.08. The zero-order chi connectivity index (χ0) is 25.2. The molecule has 2 aliphatic heterocycles. The zero-order valence-corrected chi connectivity index (χ0v) is 21.4. The molecule has 0 saturated carbocycles. The Balaban J connectivity index is 1.33. The Bertz CT molecular complexity index is 1300. The highest BCUT2D eigenvalue weighted by molar-refractivity contribution is 6.31. The van der Waals surface area contributed by atoms with Crippen LogP contribution in [-0.4, -0.2) is 54.3 Å². The van der Waals surface area contributed by atoms with Crippen molar-refractivity contribution in [1.82, 2.24) is 9.91 Å². The fourth-order valence-corrected chi connectivity index (χ4v) is 5.20. The van der Waals surface area contributed by atoms with Gasteiger partial charge in [0.05, 0.1) is 24.0 Å². The summed E-state index contributed by atoms with van der Waals surface area (Å²) in [4.78, 5) is 17.7. The predicted molar refractivity (Wildman–Crippen MR) is 143 cm³/mol. The van der Waals surface area contributed by atoms with Crippen LogP contribution in [0.3, 0.4) is 0 Å². The van der Waals surface area contributed by atoms with Gasteiger partial charge in [-0.15, -0.1) is 0 Å². The third-order valence-electron chi connectivity index (χ3n) is 7.19. The zero-order valence-electron chi connectivity index (χ0n) is 20.6. The van der Waals surface area contributed by atoms with E-state index in [4.69, 9.17) is 16.7 Å². The number of piperazine rings is 1. The first-order valence-corrected chi connectivity index (χ1v) is 12.7. The van der Waals surface area contributed by atoms with Crippen LogP contribution in [0.1, 0.15) is 34.7 Å². The number of hydrazone groups is 1. The molecule has 3 aromatic rings. The van der Waals surface area contributed by atoms with E-state index >= 15 is 0 Å². The molecule has 0 aromatic heterocycles. The molecule has 2 heterocycles. The monoisotopic (exact) mass is 504 g/mol. The van der Waals surface area contributed by atoms with Gasteiger partial charge in [-0.25, -0.2) is 9.40 Å².